The number of rotatable bonds is 2. The fourth-order valence-electron chi connectivity index (χ4n) is 2.34. The van der Waals surface area contributed by atoms with Gasteiger partial charge in [-0.3, -0.25) is 4.79 Å². The van der Waals surface area contributed by atoms with E-state index < -0.39 is 5.60 Å². The maximum atomic E-state index is 12.3. The Kier molecular flexibility index (Phi) is 5.24. The Bertz CT molecular complexity index is 622. The summed E-state index contributed by atoms with van der Waals surface area (Å²) in [5, 5.41) is 0. The van der Waals surface area contributed by atoms with Gasteiger partial charge in [-0.1, -0.05) is 0 Å². The molecule has 1 aliphatic rings. The minimum atomic E-state index is -0.518. The Morgan fingerprint density at radius 1 is 1.26 bits per heavy atom. The Morgan fingerprint density at radius 3 is 2.52 bits per heavy atom. The van der Waals surface area contributed by atoms with Crippen LogP contribution in [-0.4, -0.2) is 41.8 Å². The Balaban J connectivity index is 2.29. The van der Waals surface area contributed by atoms with E-state index in [-0.39, 0.29) is 11.9 Å². The first-order valence-electron chi connectivity index (χ1n) is 7.54. The predicted molar refractivity (Wildman–Crippen MR) is 90.4 cm³/mol. The molecule has 0 bridgehead atoms. The van der Waals surface area contributed by atoms with Crippen molar-refractivity contribution in [3.8, 4) is 5.75 Å². The molecule has 23 heavy (non-hydrogen) atoms. The lowest BCUT2D eigenvalue weighted by atomic mass is 10.1. The molecule has 0 unspecified atom stereocenters. The van der Waals surface area contributed by atoms with Gasteiger partial charge < -0.3 is 14.4 Å². The number of methoxy groups -OCH3 is 1. The van der Waals surface area contributed by atoms with E-state index in [0.717, 1.165) is 16.2 Å². The SMILES string of the molecule is COc1cc2c(cc1C(C)=O)SCCN(C(=O)OC(C)(C)C)C2. The minimum Gasteiger partial charge on any atom is -0.496 e. The molecule has 0 aliphatic carbocycles. The first kappa shape index (κ1) is 17.7. The fourth-order valence-corrected chi connectivity index (χ4v) is 3.38. The summed E-state index contributed by atoms with van der Waals surface area (Å²) < 4.78 is 10.8. The lowest BCUT2D eigenvalue weighted by Gasteiger charge is -2.26. The van der Waals surface area contributed by atoms with Crippen LogP contribution in [0.3, 0.4) is 0 Å². The third-order valence-corrected chi connectivity index (χ3v) is 4.47. The third-order valence-electron chi connectivity index (χ3n) is 3.39. The van der Waals surface area contributed by atoms with Gasteiger partial charge in [0.1, 0.15) is 11.4 Å². The van der Waals surface area contributed by atoms with Crippen molar-refractivity contribution in [2.45, 2.75) is 44.7 Å². The summed E-state index contributed by atoms with van der Waals surface area (Å²) in [6.07, 6.45) is -0.319. The number of fused-ring (bicyclic) bond motifs is 1. The van der Waals surface area contributed by atoms with E-state index in [1.807, 2.05) is 32.9 Å². The summed E-state index contributed by atoms with van der Waals surface area (Å²) in [5.74, 6) is 1.28. The van der Waals surface area contributed by atoms with E-state index in [1.165, 1.54) is 6.92 Å². The van der Waals surface area contributed by atoms with Gasteiger partial charge in [-0.2, -0.15) is 0 Å². The van der Waals surface area contributed by atoms with E-state index in [1.54, 1.807) is 23.8 Å². The molecule has 1 aliphatic heterocycles. The molecular weight excluding hydrogens is 314 g/mol. The second-order valence-electron chi connectivity index (χ2n) is 6.47. The van der Waals surface area contributed by atoms with Crippen LogP contribution in [-0.2, 0) is 11.3 Å². The normalized spacial score (nSPS) is 14.7. The Hall–Kier alpha value is -1.69. The summed E-state index contributed by atoms with van der Waals surface area (Å²) in [5.41, 5.74) is 1.03. The molecular formula is C17H23NO4S. The van der Waals surface area contributed by atoms with Crippen molar-refractivity contribution in [2.75, 3.05) is 19.4 Å². The van der Waals surface area contributed by atoms with E-state index in [4.69, 9.17) is 9.47 Å². The van der Waals surface area contributed by atoms with Gasteiger partial charge in [-0.25, -0.2) is 4.79 Å². The molecule has 1 aromatic carbocycles. The van der Waals surface area contributed by atoms with Crippen LogP contribution < -0.4 is 4.74 Å². The molecule has 0 aromatic heterocycles. The van der Waals surface area contributed by atoms with Crippen LogP contribution in [0.15, 0.2) is 17.0 Å². The summed E-state index contributed by atoms with van der Waals surface area (Å²) in [4.78, 5) is 26.8. The molecule has 5 nitrogen and oxygen atoms in total. The quantitative estimate of drug-likeness (QED) is 0.770. The third kappa shape index (κ3) is 4.41. The molecule has 6 heteroatoms. The molecule has 0 fully saturated rings. The van der Waals surface area contributed by atoms with Gasteiger partial charge in [0.15, 0.2) is 5.78 Å². The lowest BCUT2D eigenvalue weighted by Crippen LogP contribution is -2.37. The lowest BCUT2D eigenvalue weighted by molar-refractivity contribution is 0.0246. The van der Waals surface area contributed by atoms with Crippen molar-refractivity contribution in [1.29, 1.82) is 0 Å². The first-order valence-corrected chi connectivity index (χ1v) is 8.52. The number of carbonyl (C=O) groups excluding carboxylic acids is 2. The number of ketones is 1. The standard InChI is InChI=1S/C17H23NO4S/c1-11(19)13-9-15-12(8-14(13)21-5)10-18(6-7-23-15)16(20)22-17(2,3)4/h8-9H,6-7,10H2,1-5H3. The number of benzene rings is 1. The van der Waals surface area contributed by atoms with Crippen molar-refractivity contribution in [2.24, 2.45) is 0 Å². The highest BCUT2D eigenvalue weighted by molar-refractivity contribution is 7.99. The van der Waals surface area contributed by atoms with E-state index >= 15 is 0 Å². The minimum absolute atomic E-state index is 0.0292. The second kappa shape index (κ2) is 6.83. The molecule has 1 aromatic rings. The highest BCUT2D eigenvalue weighted by Crippen LogP contribution is 2.34. The number of amides is 1. The largest absolute Gasteiger partial charge is 0.496 e. The molecule has 0 spiro atoms. The summed E-state index contributed by atoms with van der Waals surface area (Å²) in [6, 6.07) is 3.71. The molecule has 0 atom stereocenters. The summed E-state index contributed by atoms with van der Waals surface area (Å²) in [7, 11) is 1.55. The summed E-state index contributed by atoms with van der Waals surface area (Å²) in [6.45, 7) is 8.14. The monoisotopic (exact) mass is 337 g/mol. The first-order chi connectivity index (χ1) is 10.7. The molecule has 126 valence electrons. The van der Waals surface area contributed by atoms with Crippen LogP contribution in [0.2, 0.25) is 0 Å². The van der Waals surface area contributed by atoms with Crippen molar-refractivity contribution in [3.63, 3.8) is 0 Å². The molecule has 0 N–H and O–H groups in total. The van der Waals surface area contributed by atoms with Crippen molar-refractivity contribution in [1.82, 2.24) is 4.90 Å². The summed E-state index contributed by atoms with van der Waals surface area (Å²) >= 11 is 1.64. The topological polar surface area (TPSA) is 55.8 Å². The molecule has 0 saturated heterocycles. The van der Waals surface area contributed by atoms with Crippen molar-refractivity contribution in [3.05, 3.63) is 23.3 Å². The number of Topliss-reactive ketones (excluding diaryl/α,β-unsaturated/α-hetero) is 1. The zero-order valence-corrected chi connectivity index (χ0v) is 15.1. The highest BCUT2D eigenvalue weighted by atomic mass is 32.2. The van der Waals surface area contributed by atoms with Gasteiger partial charge in [-0.05, 0) is 45.4 Å². The van der Waals surface area contributed by atoms with Gasteiger partial charge in [0.2, 0.25) is 0 Å². The van der Waals surface area contributed by atoms with Crippen molar-refractivity contribution < 1.29 is 19.1 Å². The molecule has 1 heterocycles. The van der Waals surface area contributed by atoms with Gasteiger partial charge in [-0.15, -0.1) is 11.8 Å². The molecule has 0 saturated carbocycles. The zero-order chi connectivity index (χ0) is 17.2. The van der Waals surface area contributed by atoms with Gasteiger partial charge in [0.25, 0.3) is 0 Å². The van der Waals surface area contributed by atoms with Gasteiger partial charge in [0, 0.05) is 17.2 Å². The van der Waals surface area contributed by atoms with Gasteiger partial charge >= 0.3 is 6.09 Å². The number of hydrogen-bond acceptors (Lipinski definition) is 5. The average molecular weight is 337 g/mol. The highest BCUT2D eigenvalue weighted by Gasteiger charge is 2.26. The van der Waals surface area contributed by atoms with Gasteiger partial charge in [0.05, 0.1) is 19.2 Å². The smallest absolute Gasteiger partial charge is 0.410 e. The number of hydrogen-bond donors (Lipinski definition) is 0. The van der Waals surface area contributed by atoms with Crippen molar-refractivity contribution >= 4 is 23.6 Å². The van der Waals surface area contributed by atoms with E-state index in [2.05, 4.69) is 0 Å². The number of nitrogens with zero attached hydrogens (tertiary/aromatic N) is 1. The number of thioether (sulfide) groups is 1. The van der Waals surface area contributed by atoms with Crippen LogP contribution in [0.25, 0.3) is 0 Å². The maximum absolute atomic E-state index is 12.3. The maximum Gasteiger partial charge on any atom is 0.410 e. The van der Waals surface area contributed by atoms with E-state index in [9.17, 15) is 9.59 Å². The van der Waals surface area contributed by atoms with Crippen LogP contribution >= 0.6 is 11.8 Å². The van der Waals surface area contributed by atoms with E-state index in [0.29, 0.717) is 24.4 Å². The number of ether oxygens (including phenoxy) is 2. The predicted octanol–water partition coefficient (Wildman–Crippen LogP) is 3.74. The second-order valence-corrected chi connectivity index (χ2v) is 7.60. The van der Waals surface area contributed by atoms with Crippen LogP contribution in [0, 0.1) is 0 Å². The molecule has 0 radical (unpaired) electrons. The number of carbonyl (C=O) groups is 2. The average Bonchev–Trinajstić information content (AvgIpc) is 2.65. The van der Waals surface area contributed by atoms with Crippen LogP contribution in [0.1, 0.15) is 43.6 Å². The fraction of sp³-hybridized carbons (Fsp3) is 0.529. The zero-order valence-electron chi connectivity index (χ0n) is 14.3. The van der Waals surface area contributed by atoms with Crippen LogP contribution in [0.4, 0.5) is 4.79 Å². The molecule has 1 amide bonds. The molecule has 2 rings (SSSR count). The Morgan fingerprint density at radius 2 is 1.96 bits per heavy atom. The Labute approximate surface area is 141 Å². The van der Waals surface area contributed by atoms with Crippen LogP contribution in [0.5, 0.6) is 5.75 Å².